The highest BCUT2D eigenvalue weighted by molar-refractivity contribution is 5.30. The first-order valence-corrected chi connectivity index (χ1v) is 5.91. The fourth-order valence-corrected chi connectivity index (χ4v) is 1.64. The van der Waals surface area contributed by atoms with E-state index in [1.807, 2.05) is 6.07 Å². The number of nitrogens with zero attached hydrogens (tertiary/aromatic N) is 4. The highest BCUT2D eigenvalue weighted by Gasteiger charge is 2.03. The summed E-state index contributed by atoms with van der Waals surface area (Å²) in [5.74, 6) is 0.511. The van der Waals surface area contributed by atoms with Gasteiger partial charge in [-0.25, -0.2) is 9.97 Å². The smallest absolute Gasteiger partial charge is 0.269 e. The molecule has 1 aromatic rings. The normalized spacial score (nSPS) is 9.63. The van der Waals surface area contributed by atoms with Crippen molar-refractivity contribution in [2.75, 3.05) is 5.73 Å². The molecule has 0 unspecified atom stereocenters. The molecular formula is C13H17N5O. The van der Waals surface area contributed by atoms with E-state index in [1.54, 1.807) is 27.7 Å². The molecule has 1 aromatic heterocycles. The van der Waals surface area contributed by atoms with E-state index in [1.165, 1.54) is 10.6 Å². The molecule has 0 aliphatic carbocycles. The minimum atomic E-state index is -0.381. The average molecular weight is 259 g/mol. The van der Waals surface area contributed by atoms with E-state index in [0.29, 0.717) is 23.6 Å². The molecule has 0 atom stereocenters. The Morgan fingerprint density at radius 3 is 2.53 bits per heavy atom. The summed E-state index contributed by atoms with van der Waals surface area (Å²) in [7, 11) is 0. The zero-order valence-corrected chi connectivity index (χ0v) is 11.6. The zero-order chi connectivity index (χ0) is 14.6. The SMILES string of the molecule is CCn1c(C)nc(N)nc(C)c(C)cc(C#N)c1=O. The fraction of sp³-hybridized carbons (Fsp3) is 0.385. The van der Waals surface area contributed by atoms with Gasteiger partial charge in [0.05, 0.1) is 0 Å². The monoisotopic (exact) mass is 259 g/mol. The first-order valence-electron chi connectivity index (χ1n) is 5.91. The van der Waals surface area contributed by atoms with Crippen LogP contribution in [0.15, 0.2) is 10.9 Å². The van der Waals surface area contributed by atoms with Gasteiger partial charge in [0.1, 0.15) is 17.5 Å². The van der Waals surface area contributed by atoms with Crippen molar-refractivity contribution in [3.8, 4) is 6.07 Å². The third kappa shape index (κ3) is 3.28. The standard InChI is InChI=1S/C13H17N5O/c1-5-18-10(4)17-13(15)16-9(3)8(2)6-11(7-14)12(18)19/h6H,5H2,1-4H3,(H2,15,16). The maximum atomic E-state index is 12.2. The van der Waals surface area contributed by atoms with Crippen LogP contribution in [0.1, 0.15) is 29.6 Å². The van der Waals surface area contributed by atoms with E-state index in [4.69, 9.17) is 11.0 Å². The van der Waals surface area contributed by atoms with Crippen LogP contribution in [0, 0.1) is 32.1 Å². The van der Waals surface area contributed by atoms with Crippen LogP contribution in [0.5, 0.6) is 0 Å². The molecular weight excluding hydrogens is 242 g/mol. The number of hydrogen-bond donors (Lipinski definition) is 1. The summed E-state index contributed by atoms with van der Waals surface area (Å²) in [6, 6.07) is 3.44. The van der Waals surface area contributed by atoms with Gasteiger partial charge < -0.3 is 5.73 Å². The molecule has 6 nitrogen and oxygen atoms in total. The van der Waals surface area contributed by atoms with E-state index >= 15 is 0 Å². The zero-order valence-electron chi connectivity index (χ0n) is 11.6. The van der Waals surface area contributed by atoms with Gasteiger partial charge in [-0.05, 0) is 39.3 Å². The molecule has 0 saturated carbocycles. The molecule has 0 aliphatic rings. The number of nitrogen functional groups attached to an aromatic ring is 1. The predicted octanol–water partition coefficient (Wildman–Crippen LogP) is 1.16. The van der Waals surface area contributed by atoms with Crippen molar-refractivity contribution < 1.29 is 0 Å². The molecule has 1 rings (SSSR count). The van der Waals surface area contributed by atoms with Crippen LogP contribution in [0.25, 0.3) is 0 Å². The molecule has 0 amide bonds. The molecule has 0 radical (unpaired) electrons. The number of nitriles is 1. The topological polar surface area (TPSA) is 97.6 Å². The van der Waals surface area contributed by atoms with Crippen LogP contribution in [-0.4, -0.2) is 14.5 Å². The van der Waals surface area contributed by atoms with Gasteiger partial charge in [-0.3, -0.25) is 9.36 Å². The summed E-state index contributed by atoms with van der Waals surface area (Å²) in [6.45, 7) is 7.39. The van der Waals surface area contributed by atoms with Gasteiger partial charge in [0.25, 0.3) is 5.56 Å². The number of aromatic nitrogens is 3. The number of aryl methyl sites for hydroxylation is 3. The van der Waals surface area contributed by atoms with Crippen LogP contribution in [0.3, 0.4) is 0 Å². The number of rotatable bonds is 1. The molecule has 2 N–H and O–H groups in total. The van der Waals surface area contributed by atoms with E-state index in [-0.39, 0.29) is 17.1 Å². The molecule has 0 bridgehead atoms. The van der Waals surface area contributed by atoms with Crippen molar-refractivity contribution >= 4 is 5.95 Å². The van der Waals surface area contributed by atoms with Crippen molar-refractivity contribution in [1.82, 2.24) is 14.5 Å². The maximum absolute atomic E-state index is 12.2. The fourth-order valence-electron chi connectivity index (χ4n) is 1.64. The van der Waals surface area contributed by atoms with Gasteiger partial charge in [-0.2, -0.15) is 5.26 Å². The van der Waals surface area contributed by atoms with Crippen LogP contribution >= 0.6 is 0 Å². The number of hydrogen-bond acceptors (Lipinski definition) is 5. The average Bonchev–Trinajstić information content (AvgIpc) is 2.34. The van der Waals surface area contributed by atoms with Gasteiger partial charge >= 0.3 is 0 Å². The second-order valence-electron chi connectivity index (χ2n) is 4.12. The van der Waals surface area contributed by atoms with Gasteiger partial charge in [-0.1, -0.05) is 0 Å². The molecule has 6 heteroatoms. The molecule has 0 spiro atoms. The van der Waals surface area contributed by atoms with Crippen molar-refractivity contribution in [1.29, 1.82) is 5.26 Å². The summed E-state index contributed by atoms with van der Waals surface area (Å²) in [5, 5.41) is 9.11. The lowest BCUT2D eigenvalue weighted by molar-refractivity contribution is 0.681. The van der Waals surface area contributed by atoms with E-state index < -0.39 is 0 Å². The molecule has 100 valence electrons. The third-order valence-corrected chi connectivity index (χ3v) is 2.79. The molecule has 1 heterocycles. The Bertz CT molecular complexity index is 654. The molecule has 0 aliphatic heterocycles. The van der Waals surface area contributed by atoms with Crippen molar-refractivity contribution in [3.05, 3.63) is 39.1 Å². The summed E-state index contributed by atoms with van der Waals surface area (Å²) in [6.07, 6.45) is 0. The highest BCUT2D eigenvalue weighted by Crippen LogP contribution is 2.02. The third-order valence-electron chi connectivity index (χ3n) is 2.79. The Balaban J connectivity index is 4.02. The number of nitrogens with two attached hydrogens (primary N) is 1. The summed E-state index contributed by atoms with van der Waals surface area (Å²) >= 11 is 0. The van der Waals surface area contributed by atoms with Gasteiger partial charge in [0.15, 0.2) is 0 Å². The lowest BCUT2D eigenvalue weighted by Crippen LogP contribution is -2.23. The summed E-state index contributed by atoms with van der Waals surface area (Å²) < 4.78 is 1.39. The minimum absolute atomic E-state index is 0.0592. The lowest BCUT2D eigenvalue weighted by Gasteiger charge is -2.04. The lowest BCUT2D eigenvalue weighted by atomic mass is 10.2. The second kappa shape index (κ2) is 5.96. The van der Waals surface area contributed by atoms with Crippen molar-refractivity contribution in [2.24, 2.45) is 0 Å². The van der Waals surface area contributed by atoms with Crippen LogP contribution < -0.4 is 11.3 Å². The predicted molar refractivity (Wildman–Crippen MR) is 72.9 cm³/mol. The quantitative estimate of drug-likeness (QED) is 0.816. The Hall–Kier alpha value is -2.42. The summed E-state index contributed by atoms with van der Waals surface area (Å²) in [4.78, 5) is 20.4. The summed E-state index contributed by atoms with van der Waals surface area (Å²) in [5.41, 5.74) is 6.71. The van der Waals surface area contributed by atoms with Gasteiger partial charge in [0, 0.05) is 12.2 Å². The Kier molecular flexibility index (Phi) is 4.59. The number of anilines is 1. The van der Waals surface area contributed by atoms with Crippen LogP contribution in [0.2, 0.25) is 0 Å². The molecule has 0 aromatic carbocycles. The molecule has 0 saturated heterocycles. The Labute approximate surface area is 111 Å². The highest BCUT2D eigenvalue weighted by atomic mass is 16.1. The largest absolute Gasteiger partial charge is 0.368 e. The van der Waals surface area contributed by atoms with Crippen LogP contribution in [0.4, 0.5) is 5.95 Å². The van der Waals surface area contributed by atoms with Crippen LogP contribution in [-0.2, 0) is 6.54 Å². The van der Waals surface area contributed by atoms with Crippen molar-refractivity contribution in [3.63, 3.8) is 0 Å². The van der Waals surface area contributed by atoms with E-state index in [0.717, 1.165) is 0 Å². The molecule has 0 fully saturated rings. The first-order chi connectivity index (χ1) is 8.90. The van der Waals surface area contributed by atoms with E-state index in [9.17, 15) is 4.79 Å². The Morgan fingerprint density at radius 1 is 1.37 bits per heavy atom. The van der Waals surface area contributed by atoms with Gasteiger partial charge in [0.2, 0.25) is 5.95 Å². The first kappa shape index (κ1) is 14.6. The molecule has 19 heavy (non-hydrogen) atoms. The van der Waals surface area contributed by atoms with Crippen molar-refractivity contribution in [2.45, 2.75) is 34.2 Å². The minimum Gasteiger partial charge on any atom is -0.368 e. The van der Waals surface area contributed by atoms with Gasteiger partial charge in [-0.15, -0.1) is 0 Å². The maximum Gasteiger partial charge on any atom is 0.269 e. The van der Waals surface area contributed by atoms with E-state index in [2.05, 4.69) is 9.97 Å². The second-order valence-corrected chi connectivity index (χ2v) is 4.12. The Morgan fingerprint density at radius 2 is 2.00 bits per heavy atom.